The molecule has 0 aliphatic heterocycles. The Labute approximate surface area is 263 Å². The summed E-state index contributed by atoms with van der Waals surface area (Å²) in [4.78, 5) is 23.7. The van der Waals surface area contributed by atoms with Gasteiger partial charge in [0.05, 0.1) is 25.7 Å². The van der Waals surface area contributed by atoms with Crippen LogP contribution in [0.2, 0.25) is 0 Å². The Morgan fingerprint density at radius 1 is 0.636 bits per heavy atom. The lowest BCUT2D eigenvalue weighted by Crippen LogP contribution is -2.14. The van der Waals surface area contributed by atoms with Crippen LogP contribution in [0.1, 0.15) is 84.1 Å². The summed E-state index contributed by atoms with van der Waals surface area (Å²) in [6.45, 7) is 7.65. The Kier molecular flexibility index (Phi) is 15.6. The highest BCUT2D eigenvalue weighted by Crippen LogP contribution is 2.27. The van der Waals surface area contributed by atoms with Gasteiger partial charge in [0.25, 0.3) is 0 Å². The maximum Gasteiger partial charge on any atom is 0.330 e. The Balaban J connectivity index is 1.33. The molecule has 0 heterocycles. The minimum absolute atomic E-state index is 0.0436. The quantitative estimate of drug-likeness (QED) is 0.0730. The second kappa shape index (κ2) is 20.0. The maximum absolute atomic E-state index is 12.0. The summed E-state index contributed by atoms with van der Waals surface area (Å²) in [6, 6.07) is 23.8. The van der Waals surface area contributed by atoms with Crippen molar-refractivity contribution in [3.05, 3.63) is 84.4 Å². The molecule has 3 aromatic carbocycles. The molecule has 0 amide bonds. The van der Waals surface area contributed by atoms with Gasteiger partial charge in [-0.2, -0.15) is 0 Å². The smallest absolute Gasteiger partial charge is 0.330 e. The fourth-order valence-electron chi connectivity index (χ4n) is 4.39. The van der Waals surface area contributed by atoms with Crippen LogP contribution in [0.25, 0.3) is 17.2 Å². The molecular weight excluding hydrogens is 552 g/mol. The molecule has 3 rings (SSSR count). The van der Waals surface area contributed by atoms with Crippen LogP contribution in [0, 0.1) is 5.92 Å². The Bertz CT molecular complexity index is 1260. The highest BCUT2D eigenvalue weighted by molar-refractivity contribution is 5.87. The second-order valence-corrected chi connectivity index (χ2v) is 11.0. The van der Waals surface area contributed by atoms with E-state index in [1.54, 1.807) is 6.08 Å². The van der Waals surface area contributed by atoms with Gasteiger partial charge >= 0.3 is 11.9 Å². The van der Waals surface area contributed by atoms with Crippen LogP contribution in [-0.4, -0.2) is 31.8 Å². The molecule has 0 bridgehead atoms. The summed E-state index contributed by atoms with van der Waals surface area (Å²) in [6.07, 6.45) is 12.2. The van der Waals surface area contributed by atoms with Crippen LogP contribution in [0.3, 0.4) is 0 Å². The average molecular weight is 601 g/mol. The van der Waals surface area contributed by atoms with Crippen molar-refractivity contribution < 1.29 is 28.5 Å². The molecule has 0 aromatic heterocycles. The number of esters is 2. The van der Waals surface area contributed by atoms with E-state index in [0.717, 1.165) is 73.3 Å². The standard InChI is InChI=1S/C38H48O6/c1-4-6-7-10-27-41-34-22-16-32(17-23-34)33-18-24-36(25-19-33)44-35-20-13-31(14-21-35)15-26-37(39)42-28-11-8-9-12-29-43-38(40)30(3)5-2/h13-26,30H,4-12,27-29H2,1-3H3/b26-15+. The zero-order chi connectivity index (χ0) is 31.4. The molecule has 1 unspecified atom stereocenters. The van der Waals surface area contributed by atoms with Gasteiger partial charge in [-0.15, -0.1) is 0 Å². The van der Waals surface area contributed by atoms with Crippen molar-refractivity contribution in [3.63, 3.8) is 0 Å². The van der Waals surface area contributed by atoms with E-state index < -0.39 is 0 Å². The zero-order valence-corrected chi connectivity index (χ0v) is 26.6. The van der Waals surface area contributed by atoms with Gasteiger partial charge in [-0.05, 0) is 97.7 Å². The molecule has 3 aromatic rings. The second-order valence-electron chi connectivity index (χ2n) is 11.0. The van der Waals surface area contributed by atoms with Gasteiger partial charge in [0.2, 0.25) is 0 Å². The predicted molar refractivity (Wildman–Crippen MR) is 177 cm³/mol. The average Bonchev–Trinajstić information content (AvgIpc) is 3.05. The lowest BCUT2D eigenvalue weighted by Gasteiger charge is -2.09. The number of hydrogen-bond donors (Lipinski definition) is 0. The fraction of sp³-hybridized carbons (Fsp3) is 0.421. The number of ether oxygens (including phenoxy) is 4. The molecule has 44 heavy (non-hydrogen) atoms. The first-order chi connectivity index (χ1) is 21.5. The first-order valence-corrected chi connectivity index (χ1v) is 16.1. The van der Waals surface area contributed by atoms with Gasteiger partial charge < -0.3 is 18.9 Å². The number of carbonyl (C=O) groups excluding carboxylic acids is 2. The number of unbranched alkanes of at least 4 members (excludes halogenated alkanes) is 6. The molecule has 236 valence electrons. The topological polar surface area (TPSA) is 71.1 Å². The molecule has 0 saturated carbocycles. The molecule has 0 fully saturated rings. The van der Waals surface area contributed by atoms with Crippen LogP contribution in [0.4, 0.5) is 0 Å². The SMILES string of the molecule is CCCCCCOc1ccc(-c2ccc(Oc3ccc(/C=C/C(=O)OCCCCCCOC(=O)C(C)CC)cc3)cc2)cc1. The molecule has 0 saturated heterocycles. The third-order valence-corrected chi connectivity index (χ3v) is 7.38. The van der Waals surface area contributed by atoms with Gasteiger partial charge in [-0.25, -0.2) is 4.79 Å². The van der Waals surface area contributed by atoms with Crippen molar-refractivity contribution in [1.29, 1.82) is 0 Å². The lowest BCUT2D eigenvalue weighted by atomic mass is 10.1. The summed E-state index contributed by atoms with van der Waals surface area (Å²) < 4.78 is 22.4. The van der Waals surface area contributed by atoms with Crippen LogP contribution >= 0.6 is 0 Å². The van der Waals surface area contributed by atoms with E-state index in [9.17, 15) is 9.59 Å². The van der Waals surface area contributed by atoms with Crippen LogP contribution in [0.15, 0.2) is 78.9 Å². The van der Waals surface area contributed by atoms with Crippen molar-refractivity contribution in [1.82, 2.24) is 0 Å². The summed E-state index contributed by atoms with van der Waals surface area (Å²) in [7, 11) is 0. The molecule has 0 spiro atoms. The highest BCUT2D eigenvalue weighted by atomic mass is 16.5. The van der Waals surface area contributed by atoms with Crippen LogP contribution < -0.4 is 9.47 Å². The first kappa shape index (κ1) is 34.4. The van der Waals surface area contributed by atoms with E-state index in [-0.39, 0.29) is 17.9 Å². The van der Waals surface area contributed by atoms with Crippen LogP contribution in [0.5, 0.6) is 17.2 Å². The highest BCUT2D eigenvalue weighted by Gasteiger charge is 2.11. The van der Waals surface area contributed by atoms with Crippen LogP contribution in [-0.2, 0) is 19.1 Å². The normalized spacial score (nSPS) is 11.7. The van der Waals surface area contributed by atoms with E-state index in [1.807, 2.05) is 74.5 Å². The third-order valence-electron chi connectivity index (χ3n) is 7.38. The Morgan fingerprint density at radius 2 is 1.16 bits per heavy atom. The number of hydrogen-bond acceptors (Lipinski definition) is 6. The molecule has 0 aliphatic carbocycles. The van der Waals surface area contributed by atoms with Crippen molar-refractivity contribution in [2.24, 2.45) is 5.92 Å². The Hall–Kier alpha value is -4.06. The molecular formula is C38H48O6. The van der Waals surface area contributed by atoms with Gasteiger partial charge in [0.15, 0.2) is 0 Å². The van der Waals surface area contributed by atoms with Crippen molar-refractivity contribution in [2.75, 3.05) is 19.8 Å². The molecule has 0 aliphatic rings. The minimum Gasteiger partial charge on any atom is -0.494 e. The van der Waals surface area contributed by atoms with E-state index in [4.69, 9.17) is 18.9 Å². The van der Waals surface area contributed by atoms with Gasteiger partial charge in [-0.1, -0.05) is 76.4 Å². The van der Waals surface area contributed by atoms with Gasteiger partial charge in [-0.3, -0.25) is 4.79 Å². The zero-order valence-electron chi connectivity index (χ0n) is 26.6. The molecule has 0 N–H and O–H groups in total. The summed E-state index contributed by atoms with van der Waals surface area (Å²) >= 11 is 0. The number of carbonyl (C=O) groups is 2. The van der Waals surface area contributed by atoms with E-state index >= 15 is 0 Å². The van der Waals surface area contributed by atoms with Crippen molar-refractivity contribution >= 4 is 18.0 Å². The largest absolute Gasteiger partial charge is 0.494 e. The number of rotatable bonds is 20. The molecule has 6 nitrogen and oxygen atoms in total. The maximum atomic E-state index is 12.0. The lowest BCUT2D eigenvalue weighted by molar-refractivity contribution is -0.148. The van der Waals surface area contributed by atoms with E-state index in [1.165, 1.54) is 25.3 Å². The summed E-state index contributed by atoms with van der Waals surface area (Å²) in [5, 5.41) is 0. The van der Waals surface area contributed by atoms with Crippen molar-refractivity contribution in [2.45, 2.75) is 78.6 Å². The van der Waals surface area contributed by atoms with E-state index in [0.29, 0.717) is 19.0 Å². The minimum atomic E-state index is -0.363. The monoisotopic (exact) mass is 600 g/mol. The predicted octanol–water partition coefficient (Wildman–Crippen LogP) is 9.81. The third kappa shape index (κ3) is 13.1. The molecule has 6 heteroatoms. The van der Waals surface area contributed by atoms with Gasteiger partial charge in [0, 0.05) is 6.08 Å². The van der Waals surface area contributed by atoms with E-state index in [2.05, 4.69) is 19.1 Å². The summed E-state index contributed by atoms with van der Waals surface area (Å²) in [5.74, 6) is 1.84. The van der Waals surface area contributed by atoms with Gasteiger partial charge in [0.1, 0.15) is 17.2 Å². The Morgan fingerprint density at radius 3 is 1.75 bits per heavy atom. The summed E-state index contributed by atoms with van der Waals surface area (Å²) in [5.41, 5.74) is 3.12. The fourth-order valence-corrected chi connectivity index (χ4v) is 4.39. The molecule has 1 atom stereocenters. The molecule has 0 radical (unpaired) electrons. The first-order valence-electron chi connectivity index (χ1n) is 16.1. The number of benzene rings is 3. The van der Waals surface area contributed by atoms with Crippen molar-refractivity contribution in [3.8, 4) is 28.4 Å².